The van der Waals surface area contributed by atoms with Crippen LogP contribution in [0.15, 0.2) is 59.1 Å². The normalized spacial score (nSPS) is 11.8. The zero-order chi connectivity index (χ0) is 24.9. The SMILES string of the molecule is C[C@@H](NC(=O)c1ccc(Cl)c(Cl)c1)c1nnc(SCC(=O)Nc2nc(-c3ccccc3)cs2)n1C. The molecule has 0 aliphatic heterocycles. The molecule has 0 fully saturated rings. The van der Waals surface area contributed by atoms with Crippen LogP contribution in [0, 0.1) is 0 Å². The van der Waals surface area contributed by atoms with Gasteiger partial charge >= 0.3 is 0 Å². The largest absolute Gasteiger partial charge is 0.342 e. The highest BCUT2D eigenvalue weighted by Gasteiger charge is 2.20. The van der Waals surface area contributed by atoms with E-state index in [2.05, 4.69) is 25.8 Å². The molecule has 0 unspecified atom stereocenters. The average molecular weight is 547 g/mol. The Bertz CT molecular complexity index is 1360. The van der Waals surface area contributed by atoms with Gasteiger partial charge in [0.2, 0.25) is 5.91 Å². The smallest absolute Gasteiger partial charge is 0.251 e. The van der Waals surface area contributed by atoms with Gasteiger partial charge in [-0.15, -0.1) is 21.5 Å². The molecule has 0 aliphatic rings. The van der Waals surface area contributed by atoms with E-state index in [-0.39, 0.29) is 17.6 Å². The van der Waals surface area contributed by atoms with Crippen LogP contribution in [-0.2, 0) is 11.8 Å². The maximum absolute atomic E-state index is 12.6. The maximum atomic E-state index is 12.6. The van der Waals surface area contributed by atoms with Gasteiger partial charge in [0.25, 0.3) is 5.91 Å². The second-order valence-corrected chi connectivity index (χ2v) is 10.1. The van der Waals surface area contributed by atoms with Gasteiger partial charge < -0.3 is 15.2 Å². The molecule has 0 saturated heterocycles. The number of rotatable bonds is 8. The zero-order valence-corrected chi connectivity index (χ0v) is 21.8. The minimum absolute atomic E-state index is 0.135. The van der Waals surface area contributed by atoms with Crippen molar-refractivity contribution >= 4 is 63.2 Å². The van der Waals surface area contributed by atoms with Crippen molar-refractivity contribution in [3.05, 3.63) is 75.3 Å². The molecule has 0 aliphatic carbocycles. The number of benzene rings is 2. The average Bonchev–Trinajstić information content (AvgIpc) is 3.46. The molecular formula is C23H20Cl2N6O2S2. The minimum atomic E-state index is -0.427. The number of thiazole rings is 1. The fourth-order valence-corrected chi connectivity index (χ4v) is 4.92. The summed E-state index contributed by atoms with van der Waals surface area (Å²) in [4.78, 5) is 29.5. The molecule has 2 heterocycles. The van der Waals surface area contributed by atoms with Gasteiger partial charge in [-0.05, 0) is 25.1 Å². The van der Waals surface area contributed by atoms with E-state index in [4.69, 9.17) is 23.2 Å². The first-order valence-corrected chi connectivity index (χ1v) is 13.0. The Kier molecular flexibility index (Phi) is 8.07. The van der Waals surface area contributed by atoms with Crippen LogP contribution in [0.4, 0.5) is 5.13 Å². The molecular weight excluding hydrogens is 527 g/mol. The number of thioether (sulfide) groups is 1. The number of hydrogen-bond acceptors (Lipinski definition) is 7. The van der Waals surface area contributed by atoms with E-state index in [1.54, 1.807) is 30.7 Å². The molecule has 8 nitrogen and oxygen atoms in total. The first kappa shape index (κ1) is 25.2. The first-order chi connectivity index (χ1) is 16.8. The van der Waals surface area contributed by atoms with E-state index < -0.39 is 6.04 Å². The van der Waals surface area contributed by atoms with Gasteiger partial charge in [-0.3, -0.25) is 9.59 Å². The van der Waals surface area contributed by atoms with Crippen molar-refractivity contribution in [2.24, 2.45) is 7.05 Å². The number of amides is 2. The zero-order valence-electron chi connectivity index (χ0n) is 18.7. The topological polar surface area (TPSA) is 102 Å². The first-order valence-electron chi connectivity index (χ1n) is 10.4. The van der Waals surface area contributed by atoms with Crippen LogP contribution in [0.1, 0.15) is 29.1 Å². The number of nitrogens with zero attached hydrogens (tertiary/aromatic N) is 4. The fourth-order valence-electron chi connectivity index (χ4n) is 3.17. The molecule has 4 rings (SSSR count). The standard InChI is InChI=1S/C23H20Cl2N6O2S2/c1-13(26-21(33)15-8-9-16(24)17(25)10-15)20-29-30-23(31(20)2)35-12-19(32)28-22-27-18(11-34-22)14-6-4-3-5-7-14/h3-11,13H,12H2,1-2H3,(H,26,33)(H,27,28,32)/t13-/m1/s1. The summed E-state index contributed by atoms with van der Waals surface area (Å²) >= 11 is 14.5. The molecule has 2 amide bonds. The quantitative estimate of drug-likeness (QED) is 0.284. The van der Waals surface area contributed by atoms with Crippen LogP contribution >= 0.6 is 46.3 Å². The molecule has 2 aromatic carbocycles. The van der Waals surface area contributed by atoms with E-state index in [1.165, 1.54) is 29.2 Å². The van der Waals surface area contributed by atoms with Crippen LogP contribution in [0.2, 0.25) is 10.0 Å². The highest BCUT2D eigenvalue weighted by Crippen LogP contribution is 2.26. The maximum Gasteiger partial charge on any atom is 0.251 e. The van der Waals surface area contributed by atoms with Gasteiger partial charge in [0.05, 0.1) is 27.5 Å². The summed E-state index contributed by atoms with van der Waals surface area (Å²) in [5.74, 6) is 0.171. The summed E-state index contributed by atoms with van der Waals surface area (Å²) in [7, 11) is 1.78. The number of hydrogen-bond donors (Lipinski definition) is 2. The Morgan fingerprint density at radius 1 is 1.11 bits per heavy atom. The molecule has 12 heteroatoms. The molecule has 0 radical (unpaired) electrons. The number of halogens is 2. The monoisotopic (exact) mass is 546 g/mol. The molecule has 35 heavy (non-hydrogen) atoms. The molecule has 0 saturated carbocycles. The van der Waals surface area contributed by atoms with Crippen molar-refractivity contribution in [2.45, 2.75) is 18.1 Å². The number of nitrogens with one attached hydrogen (secondary N) is 2. The summed E-state index contributed by atoms with van der Waals surface area (Å²) in [5, 5.41) is 17.7. The van der Waals surface area contributed by atoms with Crippen molar-refractivity contribution in [2.75, 3.05) is 11.1 Å². The van der Waals surface area contributed by atoms with Crippen molar-refractivity contribution in [3.8, 4) is 11.3 Å². The van der Waals surface area contributed by atoms with Crippen LogP contribution in [0.5, 0.6) is 0 Å². The summed E-state index contributed by atoms with van der Waals surface area (Å²) in [6.07, 6.45) is 0. The van der Waals surface area contributed by atoms with Crippen LogP contribution in [-0.4, -0.2) is 37.3 Å². The van der Waals surface area contributed by atoms with Crippen LogP contribution in [0.3, 0.4) is 0 Å². The predicted molar refractivity (Wildman–Crippen MR) is 140 cm³/mol. The third-order valence-corrected chi connectivity index (χ3v) is 7.45. The van der Waals surface area contributed by atoms with Crippen molar-refractivity contribution in [1.29, 1.82) is 0 Å². The van der Waals surface area contributed by atoms with E-state index in [0.717, 1.165) is 11.3 Å². The van der Waals surface area contributed by atoms with E-state index in [0.29, 0.717) is 31.7 Å². The number of aromatic nitrogens is 4. The third kappa shape index (κ3) is 6.21. The Hall–Kier alpha value is -2.92. The molecule has 0 spiro atoms. The van der Waals surface area contributed by atoms with Gasteiger partial charge in [0.15, 0.2) is 16.1 Å². The highest BCUT2D eigenvalue weighted by atomic mass is 35.5. The molecule has 180 valence electrons. The minimum Gasteiger partial charge on any atom is -0.342 e. The van der Waals surface area contributed by atoms with E-state index >= 15 is 0 Å². The molecule has 2 N–H and O–H groups in total. The van der Waals surface area contributed by atoms with Crippen molar-refractivity contribution < 1.29 is 9.59 Å². The van der Waals surface area contributed by atoms with Gasteiger partial charge in [0.1, 0.15) is 0 Å². The van der Waals surface area contributed by atoms with Crippen molar-refractivity contribution in [1.82, 2.24) is 25.1 Å². The molecule has 0 bridgehead atoms. The Labute approximate surface area is 220 Å². The van der Waals surface area contributed by atoms with Crippen molar-refractivity contribution in [3.63, 3.8) is 0 Å². The third-order valence-electron chi connectivity index (χ3n) is 4.94. The van der Waals surface area contributed by atoms with E-state index in [1.807, 2.05) is 35.7 Å². The van der Waals surface area contributed by atoms with Crippen LogP contribution < -0.4 is 10.6 Å². The lowest BCUT2D eigenvalue weighted by Gasteiger charge is -2.14. The predicted octanol–water partition coefficient (Wildman–Crippen LogP) is 5.47. The Morgan fingerprint density at radius 3 is 2.63 bits per heavy atom. The fraction of sp³-hybridized carbons (Fsp3) is 0.174. The Balaban J connectivity index is 1.32. The second-order valence-electron chi connectivity index (χ2n) is 7.46. The summed E-state index contributed by atoms with van der Waals surface area (Å²) in [6, 6.07) is 14.0. The molecule has 4 aromatic rings. The van der Waals surface area contributed by atoms with Crippen LogP contribution in [0.25, 0.3) is 11.3 Å². The Morgan fingerprint density at radius 2 is 1.89 bits per heavy atom. The highest BCUT2D eigenvalue weighted by molar-refractivity contribution is 7.99. The molecule has 1 atom stereocenters. The van der Waals surface area contributed by atoms with Gasteiger partial charge in [-0.2, -0.15) is 0 Å². The van der Waals surface area contributed by atoms with E-state index in [9.17, 15) is 9.59 Å². The van der Waals surface area contributed by atoms with Gasteiger partial charge in [-0.25, -0.2) is 4.98 Å². The number of anilines is 1. The summed E-state index contributed by atoms with van der Waals surface area (Å²) in [6.45, 7) is 1.80. The summed E-state index contributed by atoms with van der Waals surface area (Å²) < 4.78 is 1.74. The lowest BCUT2D eigenvalue weighted by atomic mass is 10.2. The number of carbonyl (C=O) groups is 2. The lowest BCUT2D eigenvalue weighted by Crippen LogP contribution is -2.28. The number of carbonyl (C=O) groups excluding carboxylic acids is 2. The molecule has 2 aromatic heterocycles. The van der Waals surface area contributed by atoms with Gasteiger partial charge in [-0.1, -0.05) is 65.3 Å². The lowest BCUT2D eigenvalue weighted by molar-refractivity contribution is -0.113. The van der Waals surface area contributed by atoms with Gasteiger partial charge in [0, 0.05) is 23.6 Å². The summed E-state index contributed by atoms with van der Waals surface area (Å²) in [5.41, 5.74) is 2.19. The second kappa shape index (κ2) is 11.2.